The van der Waals surface area contributed by atoms with E-state index in [0.29, 0.717) is 11.0 Å². The van der Waals surface area contributed by atoms with Crippen molar-refractivity contribution < 1.29 is 0 Å². The molecule has 0 aliphatic carbocycles. The van der Waals surface area contributed by atoms with Gasteiger partial charge in [-0.05, 0) is 45.9 Å². The zero-order chi connectivity index (χ0) is 12.7. The van der Waals surface area contributed by atoms with Crippen LogP contribution >= 0.6 is 38.9 Å². The van der Waals surface area contributed by atoms with Crippen LogP contribution in [0.15, 0.2) is 33.4 Å². The van der Waals surface area contributed by atoms with E-state index in [1.165, 1.54) is 5.56 Å². The van der Waals surface area contributed by atoms with Crippen molar-refractivity contribution in [3.05, 3.63) is 44.1 Å². The third-order valence-electron chi connectivity index (χ3n) is 2.73. The second kappa shape index (κ2) is 4.61. The zero-order valence-corrected chi connectivity index (χ0v) is 12.6. The van der Waals surface area contributed by atoms with Crippen LogP contribution in [0.25, 0.3) is 22.3 Å². The van der Waals surface area contributed by atoms with Crippen molar-refractivity contribution in [3.8, 4) is 11.4 Å². The van der Waals surface area contributed by atoms with E-state index in [0.717, 1.165) is 20.9 Å². The van der Waals surface area contributed by atoms with Crippen LogP contribution in [0.4, 0.5) is 0 Å². The summed E-state index contributed by atoms with van der Waals surface area (Å²) in [5.41, 5.74) is 3.06. The summed E-state index contributed by atoms with van der Waals surface area (Å²) >= 11 is 11.4. The fourth-order valence-electron chi connectivity index (χ4n) is 1.79. The van der Waals surface area contributed by atoms with E-state index in [1.54, 1.807) is 11.3 Å². The number of thiophene rings is 1. The van der Waals surface area contributed by atoms with Gasteiger partial charge in [-0.3, -0.25) is 0 Å². The normalized spacial score (nSPS) is 11.1. The van der Waals surface area contributed by atoms with Crippen molar-refractivity contribution in [1.29, 1.82) is 0 Å². The first-order valence-electron chi connectivity index (χ1n) is 5.32. The molecule has 3 aromatic rings. The Labute approximate surface area is 122 Å². The van der Waals surface area contributed by atoms with Gasteiger partial charge in [0, 0.05) is 20.8 Å². The number of hydrogen-bond acceptors (Lipinski definition) is 3. The van der Waals surface area contributed by atoms with Crippen LogP contribution in [0.5, 0.6) is 0 Å². The van der Waals surface area contributed by atoms with Gasteiger partial charge in [0.25, 0.3) is 0 Å². The molecule has 2 nitrogen and oxygen atoms in total. The predicted octanol–water partition coefficient (Wildman–Crippen LogP) is 5.08. The fraction of sp³-hybridized carbons (Fsp3) is 0.0769. The molecule has 0 fully saturated rings. The molecule has 18 heavy (non-hydrogen) atoms. The molecule has 2 aromatic heterocycles. The zero-order valence-electron chi connectivity index (χ0n) is 9.45. The van der Waals surface area contributed by atoms with Gasteiger partial charge in [0.15, 0.2) is 5.82 Å². The molecule has 0 bridgehead atoms. The minimum absolute atomic E-state index is 0.488. The molecule has 1 aromatic carbocycles. The van der Waals surface area contributed by atoms with E-state index in [1.807, 2.05) is 30.5 Å². The summed E-state index contributed by atoms with van der Waals surface area (Å²) < 4.78 is 0.929. The molecule has 2 heterocycles. The summed E-state index contributed by atoms with van der Waals surface area (Å²) in [6, 6.07) is 5.81. The Balaban J connectivity index is 2.34. The van der Waals surface area contributed by atoms with Crippen LogP contribution in [0.2, 0.25) is 5.15 Å². The van der Waals surface area contributed by atoms with E-state index < -0.39 is 0 Å². The standard InChI is InChI=1S/C13H8BrClN2S/c1-7-5-18-6-9(7)13-16-11-8(12(15)17-13)3-2-4-10(11)14/h2-6H,1H3. The Morgan fingerprint density at radius 1 is 1.22 bits per heavy atom. The second-order valence-electron chi connectivity index (χ2n) is 3.94. The Kier molecular flexibility index (Phi) is 3.09. The van der Waals surface area contributed by atoms with Gasteiger partial charge in [-0.15, -0.1) is 0 Å². The van der Waals surface area contributed by atoms with Crippen molar-refractivity contribution in [2.45, 2.75) is 6.92 Å². The molecule has 5 heteroatoms. The summed E-state index contributed by atoms with van der Waals surface area (Å²) in [4.78, 5) is 8.99. The summed E-state index contributed by atoms with van der Waals surface area (Å²) in [6.45, 7) is 2.05. The van der Waals surface area contributed by atoms with E-state index in [2.05, 4.69) is 31.3 Å². The average molecular weight is 340 g/mol. The quantitative estimate of drug-likeness (QED) is 0.578. The van der Waals surface area contributed by atoms with Crippen LogP contribution in [-0.2, 0) is 0 Å². The van der Waals surface area contributed by atoms with Crippen molar-refractivity contribution >= 4 is 49.8 Å². The lowest BCUT2D eigenvalue weighted by atomic mass is 10.2. The summed E-state index contributed by atoms with van der Waals surface area (Å²) in [6.07, 6.45) is 0. The van der Waals surface area contributed by atoms with Crippen molar-refractivity contribution in [2.24, 2.45) is 0 Å². The van der Waals surface area contributed by atoms with E-state index in [9.17, 15) is 0 Å². The lowest BCUT2D eigenvalue weighted by Crippen LogP contribution is -1.92. The average Bonchev–Trinajstić information content (AvgIpc) is 2.77. The van der Waals surface area contributed by atoms with Gasteiger partial charge in [0.2, 0.25) is 0 Å². The SMILES string of the molecule is Cc1cscc1-c1nc(Cl)c2cccc(Br)c2n1. The molecule has 0 spiro atoms. The highest BCUT2D eigenvalue weighted by Gasteiger charge is 2.11. The summed E-state index contributed by atoms with van der Waals surface area (Å²) in [7, 11) is 0. The lowest BCUT2D eigenvalue weighted by Gasteiger charge is -2.05. The molecule has 0 aliphatic rings. The van der Waals surface area contributed by atoms with Gasteiger partial charge in [-0.2, -0.15) is 11.3 Å². The molecule has 3 rings (SSSR count). The fourth-order valence-corrected chi connectivity index (χ4v) is 3.30. The topological polar surface area (TPSA) is 25.8 Å². The van der Waals surface area contributed by atoms with Crippen molar-refractivity contribution in [1.82, 2.24) is 9.97 Å². The van der Waals surface area contributed by atoms with Gasteiger partial charge in [-0.25, -0.2) is 9.97 Å². The number of aromatic nitrogens is 2. The maximum Gasteiger partial charge on any atom is 0.162 e. The largest absolute Gasteiger partial charge is 0.227 e. The lowest BCUT2D eigenvalue weighted by molar-refractivity contribution is 1.22. The number of benzene rings is 1. The molecule has 0 aliphatic heterocycles. The smallest absolute Gasteiger partial charge is 0.162 e. The number of aryl methyl sites for hydroxylation is 1. The van der Waals surface area contributed by atoms with E-state index >= 15 is 0 Å². The number of para-hydroxylation sites is 1. The van der Waals surface area contributed by atoms with Crippen LogP contribution < -0.4 is 0 Å². The Morgan fingerprint density at radius 3 is 2.78 bits per heavy atom. The Hall–Kier alpha value is -0.970. The monoisotopic (exact) mass is 338 g/mol. The summed E-state index contributed by atoms with van der Waals surface area (Å²) in [5.74, 6) is 0.679. The number of nitrogens with zero attached hydrogens (tertiary/aromatic N) is 2. The van der Waals surface area contributed by atoms with Gasteiger partial charge < -0.3 is 0 Å². The molecule has 0 radical (unpaired) electrons. The van der Waals surface area contributed by atoms with Crippen molar-refractivity contribution in [2.75, 3.05) is 0 Å². The number of hydrogen-bond donors (Lipinski definition) is 0. The van der Waals surface area contributed by atoms with Crippen LogP contribution in [-0.4, -0.2) is 9.97 Å². The van der Waals surface area contributed by atoms with Gasteiger partial charge in [0.05, 0.1) is 5.52 Å². The van der Waals surface area contributed by atoms with E-state index in [-0.39, 0.29) is 0 Å². The molecule has 0 N–H and O–H groups in total. The first-order chi connectivity index (χ1) is 8.66. The van der Waals surface area contributed by atoms with Gasteiger partial charge in [0.1, 0.15) is 5.15 Å². The molecule has 0 amide bonds. The molecular formula is C13H8BrClN2S. The highest BCUT2D eigenvalue weighted by molar-refractivity contribution is 9.10. The molecule has 90 valence electrons. The molecule has 0 saturated carbocycles. The van der Waals surface area contributed by atoms with Gasteiger partial charge in [-0.1, -0.05) is 17.7 Å². The van der Waals surface area contributed by atoms with Crippen LogP contribution in [0.3, 0.4) is 0 Å². The molecular weight excluding hydrogens is 332 g/mol. The maximum absolute atomic E-state index is 6.23. The number of fused-ring (bicyclic) bond motifs is 1. The third-order valence-corrected chi connectivity index (χ3v) is 4.52. The number of rotatable bonds is 1. The second-order valence-corrected chi connectivity index (χ2v) is 5.90. The molecule has 0 unspecified atom stereocenters. The van der Waals surface area contributed by atoms with Crippen LogP contribution in [0, 0.1) is 6.92 Å². The highest BCUT2D eigenvalue weighted by atomic mass is 79.9. The third kappa shape index (κ3) is 1.94. The Morgan fingerprint density at radius 2 is 2.06 bits per heavy atom. The van der Waals surface area contributed by atoms with Gasteiger partial charge >= 0.3 is 0 Å². The first kappa shape index (κ1) is 12.1. The predicted molar refractivity (Wildman–Crippen MR) is 80.3 cm³/mol. The first-order valence-corrected chi connectivity index (χ1v) is 7.43. The molecule has 0 saturated heterocycles. The van der Waals surface area contributed by atoms with Crippen molar-refractivity contribution in [3.63, 3.8) is 0 Å². The summed E-state index contributed by atoms with van der Waals surface area (Å²) in [5, 5.41) is 5.48. The highest BCUT2D eigenvalue weighted by Crippen LogP contribution is 2.31. The molecule has 0 atom stereocenters. The number of halogens is 2. The van der Waals surface area contributed by atoms with E-state index in [4.69, 9.17) is 11.6 Å². The Bertz CT molecular complexity index is 739. The maximum atomic E-state index is 6.23. The minimum atomic E-state index is 0.488. The van der Waals surface area contributed by atoms with Crippen LogP contribution in [0.1, 0.15) is 5.56 Å². The minimum Gasteiger partial charge on any atom is -0.227 e.